The van der Waals surface area contributed by atoms with Crippen LogP contribution < -0.4 is 11.1 Å². The maximum atomic E-state index is 12.4. The van der Waals surface area contributed by atoms with Crippen LogP contribution in [-0.4, -0.2) is 21.1 Å². The van der Waals surface area contributed by atoms with Gasteiger partial charge >= 0.3 is 6.18 Å². The number of benzene rings is 1. The first kappa shape index (κ1) is 15.0. The number of nitrogens with zero attached hydrogens (tertiary/aromatic N) is 1. The first-order chi connectivity index (χ1) is 9.79. The van der Waals surface area contributed by atoms with Gasteiger partial charge in [0.15, 0.2) is 0 Å². The quantitative estimate of drug-likeness (QED) is 0.759. The van der Waals surface area contributed by atoms with Gasteiger partial charge in [0.25, 0.3) is 5.91 Å². The van der Waals surface area contributed by atoms with Gasteiger partial charge in [-0.05, 0) is 24.3 Å². The van der Waals surface area contributed by atoms with E-state index in [0.717, 1.165) is 24.3 Å². The molecule has 0 saturated heterocycles. The molecule has 110 valence electrons. The fraction of sp³-hybridized carbons (Fsp3) is 0.0833. The third kappa shape index (κ3) is 3.37. The number of carbonyl (C=O) groups is 1. The number of aromatic amines is 1. The van der Waals surface area contributed by atoms with Gasteiger partial charge in [-0.15, -0.1) is 0 Å². The highest BCUT2D eigenvalue weighted by Gasteiger charge is 2.30. The van der Waals surface area contributed by atoms with E-state index in [4.69, 9.17) is 18.0 Å². The highest BCUT2D eigenvalue weighted by molar-refractivity contribution is 7.80. The van der Waals surface area contributed by atoms with Crippen LogP contribution in [0.3, 0.4) is 0 Å². The van der Waals surface area contributed by atoms with Gasteiger partial charge in [0.05, 0.1) is 17.3 Å². The van der Waals surface area contributed by atoms with Gasteiger partial charge < -0.3 is 11.1 Å². The first-order valence-corrected chi connectivity index (χ1v) is 6.01. The predicted octanol–water partition coefficient (Wildman–Crippen LogP) is 2.32. The molecule has 0 fully saturated rings. The molecule has 21 heavy (non-hydrogen) atoms. The molecule has 9 heteroatoms. The number of hydrogen-bond donors (Lipinski definition) is 3. The summed E-state index contributed by atoms with van der Waals surface area (Å²) in [4.78, 5) is 12.0. The molecule has 1 amide bonds. The van der Waals surface area contributed by atoms with Crippen LogP contribution in [0.4, 0.5) is 19.0 Å². The number of amides is 1. The molecule has 0 saturated carbocycles. The summed E-state index contributed by atoms with van der Waals surface area (Å²) >= 11 is 4.77. The molecule has 0 bridgehead atoms. The van der Waals surface area contributed by atoms with Crippen LogP contribution in [0.1, 0.15) is 21.5 Å². The van der Waals surface area contributed by atoms with Crippen molar-refractivity contribution < 1.29 is 18.0 Å². The van der Waals surface area contributed by atoms with Crippen molar-refractivity contribution in [1.82, 2.24) is 10.2 Å². The molecule has 2 rings (SSSR count). The Labute approximate surface area is 122 Å². The van der Waals surface area contributed by atoms with Crippen molar-refractivity contribution in [2.45, 2.75) is 6.18 Å². The molecule has 0 atom stereocenters. The summed E-state index contributed by atoms with van der Waals surface area (Å²) in [6.07, 6.45) is -3.11. The maximum Gasteiger partial charge on any atom is 0.416 e. The standard InChI is InChI=1S/C12H9F3N4OS/c13-12(14,15)7-3-1-6(2-4-7)11(20)18-10-8(9(16)21)5-17-19-10/h1-5H,(H2,16,21)(H2,17,18,19,20). The lowest BCUT2D eigenvalue weighted by molar-refractivity contribution is -0.137. The van der Waals surface area contributed by atoms with Crippen molar-refractivity contribution in [3.8, 4) is 0 Å². The molecule has 1 aromatic heterocycles. The Morgan fingerprint density at radius 2 is 1.90 bits per heavy atom. The van der Waals surface area contributed by atoms with E-state index in [0.29, 0.717) is 5.56 Å². The Balaban J connectivity index is 2.17. The summed E-state index contributed by atoms with van der Waals surface area (Å²) in [5, 5.41) is 8.62. The van der Waals surface area contributed by atoms with Gasteiger partial charge in [-0.1, -0.05) is 12.2 Å². The Morgan fingerprint density at radius 3 is 2.43 bits per heavy atom. The van der Waals surface area contributed by atoms with Crippen LogP contribution in [0.2, 0.25) is 0 Å². The molecule has 1 aromatic carbocycles. The van der Waals surface area contributed by atoms with Gasteiger partial charge in [0, 0.05) is 5.56 Å². The van der Waals surface area contributed by atoms with Gasteiger partial charge in [-0.3, -0.25) is 9.89 Å². The van der Waals surface area contributed by atoms with Crippen LogP contribution in [-0.2, 0) is 6.18 Å². The topological polar surface area (TPSA) is 83.8 Å². The molecule has 0 unspecified atom stereocenters. The SMILES string of the molecule is NC(=S)c1cn[nH]c1NC(=O)c1ccc(C(F)(F)F)cc1. The number of anilines is 1. The number of hydrogen-bond acceptors (Lipinski definition) is 3. The number of H-pyrrole nitrogens is 1. The van der Waals surface area contributed by atoms with Gasteiger partial charge in [-0.25, -0.2) is 0 Å². The van der Waals surface area contributed by atoms with E-state index < -0.39 is 17.6 Å². The van der Waals surface area contributed by atoms with E-state index >= 15 is 0 Å². The molecular formula is C12H9F3N4OS. The molecule has 1 heterocycles. The van der Waals surface area contributed by atoms with E-state index in [1.165, 1.54) is 6.20 Å². The Bertz CT molecular complexity index is 679. The highest BCUT2D eigenvalue weighted by atomic mass is 32.1. The van der Waals surface area contributed by atoms with Crippen LogP contribution in [0.5, 0.6) is 0 Å². The minimum atomic E-state index is -4.45. The van der Waals surface area contributed by atoms with Crippen LogP contribution >= 0.6 is 12.2 Å². The summed E-state index contributed by atoms with van der Waals surface area (Å²) in [5.74, 6) is -0.419. The lowest BCUT2D eigenvalue weighted by Gasteiger charge is -2.08. The number of rotatable bonds is 3. The number of nitrogens with one attached hydrogen (secondary N) is 2. The average molecular weight is 314 g/mol. The summed E-state index contributed by atoms with van der Waals surface area (Å²) in [6.45, 7) is 0. The number of halogens is 3. The Morgan fingerprint density at radius 1 is 1.29 bits per heavy atom. The van der Waals surface area contributed by atoms with Crippen molar-refractivity contribution in [3.63, 3.8) is 0 Å². The number of nitrogens with two attached hydrogens (primary N) is 1. The summed E-state index contributed by atoms with van der Waals surface area (Å²) in [7, 11) is 0. The zero-order chi connectivity index (χ0) is 15.6. The Hall–Kier alpha value is -2.42. The summed E-state index contributed by atoms with van der Waals surface area (Å²) in [5.41, 5.74) is 5.01. The van der Waals surface area contributed by atoms with Gasteiger partial charge in [0.1, 0.15) is 10.8 Å². The largest absolute Gasteiger partial charge is 0.416 e. The summed E-state index contributed by atoms with van der Waals surface area (Å²) < 4.78 is 37.3. The second kappa shape index (κ2) is 5.52. The van der Waals surface area contributed by atoms with Crippen molar-refractivity contribution in [3.05, 3.63) is 47.2 Å². The van der Waals surface area contributed by atoms with Crippen LogP contribution in [0.25, 0.3) is 0 Å². The van der Waals surface area contributed by atoms with Crippen molar-refractivity contribution in [1.29, 1.82) is 0 Å². The van der Waals surface area contributed by atoms with E-state index in [9.17, 15) is 18.0 Å². The van der Waals surface area contributed by atoms with Gasteiger partial charge in [-0.2, -0.15) is 18.3 Å². The molecule has 0 aliphatic heterocycles. The second-order valence-corrected chi connectivity index (χ2v) is 4.49. The van der Waals surface area contributed by atoms with Crippen molar-refractivity contribution >= 4 is 28.9 Å². The van der Waals surface area contributed by atoms with Gasteiger partial charge in [0.2, 0.25) is 0 Å². The zero-order valence-corrected chi connectivity index (χ0v) is 11.2. The van der Waals surface area contributed by atoms with E-state index in [1.807, 2.05) is 0 Å². The normalized spacial score (nSPS) is 11.2. The molecule has 0 spiro atoms. The molecule has 4 N–H and O–H groups in total. The molecule has 2 aromatic rings. The monoisotopic (exact) mass is 314 g/mol. The maximum absolute atomic E-state index is 12.4. The number of thiocarbonyl (C=S) groups is 1. The molecule has 0 aliphatic carbocycles. The fourth-order valence-corrected chi connectivity index (χ4v) is 1.72. The van der Waals surface area contributed by atoms with E-state index in [1.54, 1.807) is 0 Å². The summed E-state index contributed by atoms with van der Waals surface area (Å²) in [6, 6.07) is 3.82. The minimum Gasteiger partial charge on any atom is -0.389 e. The molecule has 5 nitrogen and oxygen atoms in total. The molecular weight excluding hydrogens is 305 g/mol. The number of carbonyl (C=O) groups excluding carboxylic acids is 1. The Kier molecular flexibility index (Phi) is 3.94. The zero-order valence-electron chi connectivity index (χ0n) is 10.4. The van der Waals surface area contributed by atoms with Crippen molar-refractivity contribution in [2.75, 3.05) is 5.32 Å². The lowest BCUT2D eigenvalue weighted by Crippen LogP contribution is -2.17. The van der Waals surface area contributed by atoms with Crippen LogP contribution in [0.15, 0.2) is 30.5 Å². The fourth-order valence-electron chi connectivity index (χ4n) is 1.56. The number of aromatic nitrogens is 2. The number of alkyl halides is 3. The van der Waals surface area contributed by atoms with Crippen molar-refractivity contribution in [2.24, 2.45) is 5.73 Å². The first-order valence-electron chi connectivity index (χ1n) is 5.61. The third-order valence-corrected chi connectivity index (χ3v) is 2.84. The predicted molar refractivity (Wildman–Crippen MR) is 73.9 cm³/mol. The smallest absolute Gasteiger partial charge is 0.389 e. The van der Waals surface area contributed by atoms with Crippen LogP contribution in [0, 0.1) is 0 Å². The lowest BCUT2D eigenvalue weighted by atomic mass is 10.1. The molecule has 0 radical (unpaired) electrons. The van der Waals surface area contributed by atoms with E-state index in [-0.39, 0.29) is 16.4 Å². The third-order valence-electron chi connectivity index (χ3n) is 2.62. The highest BCUT2D eigenvalue weighted by Crippen LogP contribution is 2.29. The molecule has 0 aliphatic rings. The minimum absolute atomic E-state index is 0.0338. The average Bonchev–Trinajstić information content (AvgIpc) is 2.86. The van der Waals surface area contributed by atoms with E-state index in [2.05, 4.69) is 15.5 Å². The second-order valence-electron chi connectivity index (χ2n) is 4.05.